The summed E-state index contributed by atoms with van der Waals surface area (Å²) in [7, 11) is 0. The quantitative estimate of drug-likeness (QED) is 0.361. The van der Waals surface area contributed by atoms with Crippen LogP contribution in [0.1, 0.15) is 6.92 Å². The molecule has 0 heterocycles. The first-order valence-electron chi connectivity index (χ1n) is 7.78. The molecule has 0 aromatic heterocycles. The molecular weight excluding hydrogens is 296 g/mol. The van der Waals surface area contributed by atoms with E-state index < -0.39 is 5.97 Å². The molecule has 24 heavy (non-hydrogen) atoms. The molecule has 0 aliphatic rings. The minimum absolute atomic E-state index is 0.379. The molecule has 0 amide bonds. The van der Waals surface area contributed by atoms with Crippen LogP contribution in [0.4, 0.5) is 0 Å². The van der Waals surface area contributed by atoms with Crippen LogP contribution in [-0.2, 0) is 4.79 Å². The Kier molecular flexibility index (Phi) is 4.57. The van der Waals surface area contributed by atoms with Crippen molar-refractivity contribution in [1.82, 2.24) is 0 Å². The van der Waals surface area contributed by atoms with Crippen molar-refractivity contribution in [3.63, 3.8) is 0 Å². The van der Waals surface area contributed by atoms with Gasteiger partial charge in [-0.15, -0.1) is 0 Å². The van der Waals surface area contributed by atoms with Gasteiger partial charge in [-0.05, 0) is 29.7 Å². The van der Waals surface area contributed by atoms with Crippen LogP contribution in [0.15, 0.2) is 91.0 Å². The maximum atomic E-state index is 11.8. The number of esters is 1. The average molecular weight is 314 g/mol. The zero-order valence-electron chi connectivity index (χ0n) is 13.5. The first kappa shape index (κ1) is 15.8. The van der Waals surface area contributed by atoms with Crippen molar-refractivity contribution < 1.29 is 9.53 Å². The monoisotopic (exact) mass is 314 g/mol. The first-order chi connectivity index (χ1) is 11.6. The van der Waals surface area contributed by atoms with Gasteiger partial charge in [0.2, 0.25) is 0 Å². The fourth-order valence-electron chi connectivity index (χ4n) is 2.45. The SMILES string of the molecule is C=C(C)C(=O)Oc1ccccc1-c1ccc(-c2ccccc2)cc1. The Morgan fingerprint density at radius 2 is 1.29 bits per heavy atom. The van der Waals surface area contributed by atoms with Gasteiger partial charge in [-0.2, -0.15) is 0 Å². The highest BCUT2D eigenvalue weighted by atomic mass is 16.5. The summed E-state index contributed by atoms with van der Waals surface area (Å²) in [5.74, 6) is 0.126. The van der Waals surface area contributed by atoms with Gasteiger partial charge in [0.15, 0.2) is 0 Å². The predicted octanol–water partition coefficient (Wildman–Crippen LogP) is 5.50. The third kappa shape index (κ3) is 3.44. The Morgan fingerprint density at radius 3 is 1.96 bits per heavy atom. The van der Waals surface area contributed by atoms with E-state index in [1.807, 2.05) is 48.5 Å². The molecule has 0 aliphatic carbocycles. The normalized spacial score (nSPS) is 10.2. The van der Waals surface area contributed by atoms with Gasteiger partial charge < -0.3 is 4.74 Å². The third-order valence-corrected chi connectivity index (χ3v) is 3.74. The molecule has 0 aliphatic heterocycles. The summed E-state index contributed by atoms with van der Waals surface area (Å²) in [5.41, 5.74) is 4.58. The van der Waals surface area contributed by atoms with E-state index in [0.717, 1.165) is 16.7 Å². The summed E-state index contributed by atoms with van der Waals surface area (Å²) in [6, 6.07) is 25.9. The van der Waals surface area contributed by atoms with Crippen molar-refractivity contribution in [1.29, 1.82) is 0 Å². The van der Waals surface area contributed by atoms with E-state index in [1.165, 1.54) is 5.56 Å². The average Bonchev–Trinajstić information content (AvgIpc) is 2.63. The molecule has 3 aromatic rings. The Hall–Kier alpha value is -3.13. The van der Waals surface area contributed by atoms with E-state index in [0.29, 0.717) is 11.3 Å². The molecule has 0 N–H and O–H groups in total. The van der Waals surface area contributed by atoms with Gasteiger partial charge in [0.1, 0.15) is 5.75 Å². The van der Waals surface area contributed by atoms with Crippen molar-refractivity contribution in [3.05, 3.63) is 91.0 Å². The predicted molar refractivity (Wildman–Crippen MR) is 97.8 cm³/mol. The van der Waals surface area contributed by atoms with Gasteiger partial charge in [-0.3, -0.25) is 0 Å². The van der Waals surface area contributed by atoms with E-state index in [2.05, 4.69) is 30.8 Å². The number of carbonyl (C=O) groups is 1. The van der Waals surface area contributed by atoms with Crippen molar-refractivity contribution in [2.75, 3.05) is 0 Å². The number of rotatable bonds is 4. The number of ether oxygens (including phenoxy) is 1. The van der Waals surface area contributed by atoms with Crippen LogP contribution in [0.25, 0.3) is 22.3 Å². The summed E-state index contributed by atoms with van der Waals surface area (Å²) in [6.07, 6.45) is 0. The Bertz CT molecular complexity index is 862. The first-order valence-corrected chi connectivity index (χ1v) is 7.78. The summed E-state index contributed by atoms with van der Waals surface area (Å²) in [5, 5.41) is 0. The molecule has 118 valence electrons. The molecule has 0 fully saturated rings. The van der Waals surface area contributed by atoms with Crippen LogP contribution >= 0.6 is 0 Å². The van der Waals surface area contributed by atoms with Crippen molar-refractivity contribution >= 4 is 5.97 Å². The highest BCUT2D eigenvalue weighted by Gasteiger charge is 2.11. The second-order valence-electron chi connectivity index (χ2n) is 5.61. The zero-order chi connectivity index (χ0) is 16.9. The van der Waals surface area contributed by atoms with E-state index in [4.69, 9.17) is 4.74 Å². The number of para-hydroxylation sites is 1. The van der Waals surface area contributed by atoms with E-state index >= 15 is 0 Å². The third-order valence-electron chi connectivity index (χ3n) is 3.74. The highest BCUT2D eigenvalue weighted by Crippen LogP contribution is 2.31. The van der Waals surface area contributed by atoms with Crippen molar-refractivity contribution in [2.24, 2.45) is 0 Å². The minimum atomic E-state index is -0.414. The van der Waals surface area contributed by atoms with Crippen LogP contribution < -0.4 is 4.74 Å². The van der Waals surface area contributed by atoms with Crippen LogP contribution in [0.2, 0.25) is 0 Å². The molecule has 2 heteroatoms. The molecule has 0 radical (unpaired) electrons. The van der Waals surface area contributed by atoms with Crippen molar-refractivity contribution in [2.45, 2.75) is 6.92 Å². The summed E-state index contributed by atoms with van der Waals surface area (Å²) in [4.78, 5) is 11.8. The van der Waals surface area contributed by atoms with Gasteiger partial charge in [-0.25, -0.2) is 4.79 Å². The molecule has 0 saturated heterocycles. The summed E-state index contributed by atoms with van der Waals surface area (Å²) in [6.45, 7) is 5.26. The second-order valence-corrected chi connectivity index (χ2v) is 5.61. The maximum Gasteiger partial charge on any atom is 0.338 e. The van der Waals surface area contributed by atoms with Gasteiger partial charge in [0, 0.05) is 11.1 Å². The maximum absolute atomic E-state index is 11.8. The van der Waals surface area contributed by atoms with Gasteiger partial charge >= 0.3 is 5.97 Å². The minimum Gasteiger partial charge on any atom is -0.423 e. The van der Waals surface area contributed by atoms with Crippen molar-refractivity contribution in [3.8, 4) is 28.0 Å². The fraction of sp³-hybridized carbons (Fsp3) is 0.0455. The molecular formula is C22H18O2. The fourth-order valence-corrected chi connectivity index (χ4v) is 2.45. The van der Waals surface area contributed by atoms with Crippen LogP contribution in [0, 0.1) is 0 Å². The van der Waals surface area contributed by atoms with Gasteiger partial charge in [0.25, 0.3) is 0 Å². The molecule has 0 saturated carbocycles. The van der Waals surface area contributed by atoms with Crippen LogP contribution in [-0.4, -0.2) is 5.97 Å². The number of carbonyl (C=O) groups excluding carboxylic acids is 1. The lowest BCUT2D eigenvalue weighted by Gasteiger charge is -2.11. The van der Waals surface area contributed by atoms with Gasteiger partial charge in [0.05, 0.1) is 0 Å². The Morgan fingerprint density at radius 1 is 0.750 bits per heavy atom. The molecule has 3 aromatic carbocycles. The Labute approximate surface area is 142 Å². The number of benzene rings is 3. The lowest BCUT2D eigenvalue weighted by atomic mass is 10.00. The molecule has 0 atom stereocenters. The lowest BCUT2D eigenvalue weighted by molar-refractivity contribution is -0.130. The smallest absolute Gasteiger partial charge is 0.338 e. The second kappa shape index (κ2) is 6.97. The van der Waals surface area contributed by atoms with E-state index in [-0.39, 0.29) is 0 Å². The van der Waals surface area contributed by atoms with Crippen LogP contribution in [0.3, 0.4) is 0 Å². The zero-order valence-corrected chi connectivity index (χ0v) is 13.5. The molecule has 0 bridgehead atoms. The van der Waals surface area contributed by atoms with E-state index in [9.17, 15) is 4.79 Å². The van der Waals surface area contributed by atoms with E-state index in [1.54, 1.807) is 13.0 Å². The highest BCUT2D eigenvalue weighted by molar-refractivity contribution is 5.90. The summed E-state index contributed by atoms with van der Waals surface area (Å²) >= 11 is 0. The number of hydrogen-bond donors (Lipinski definition) is 0. The lowest BCUT2D eigenvalue weighted by Crippen LogP contribution is -2.08. The molecule has 0 spiro atoms. The molecule has 2 nitrogen and oxygen atoms in total. The Balaban J connectivity index is 1.92. The molecule has 3 rings (SSSR count). The standard InChI is InChI=1S/C22H18O2/c1-16(2)22(23)24-21-11-7-6-10-20(21)19-14-12-18(13-15-19)17-8-4-3-5-9-17/h3-15H,1H2,2H3. The van der Waals surface area contributed by atoms with Crippen LogP contribution in [0.5, 0.6) is 5.75 Å². The topological polar surface area (TPSA) is 26.3 Å². The molecule has 0 unspecified atom stereocenters. The number of hydrogen-bond acceptors (Lipinski definition) is 2. The largest absolute Gasteiger partial charge is 0.423 e. The summed E-state index contributed by atoms with van der Waals surface area (Å²) < 4.78 is 5.44. The van der Waals surface area contributed by atoms with Gasteiger partial charge in [-0.1, -0.05) is 79.4 Å².